The van der Waals surface area contributed by atoms with E-state index in [9.17, 15) is 0 Å². The summed E-state index contributed by atoms with van der Waals surface area (Å²) in [6.45, 7) is 10.4. The first-order valence-electron chi connectivity index (χ1n) is 14.1. The number of thiol groups is 1. The molecule has 0 N–H and O–H groups in total. The van der Waals surface area contributed by atoms with Crippen LogP contribution in [0.15, 0.2) is 12.7 Å². The Morgan fingerprint density at radius 3 is 2.22 bits per heavy atom. The van der Waals surface area contributed by atoms with Crippen molar-refractivity contribution in [2.75, 3.05) is 6.26 Å². The van der Waals surface area contributed by atoms with Crippen LogP contribution < -0.4 is 0 Å². The molecule has 0 aliphatic heterocycles. The Morgan fingerprint density at radius 2 is 1.50 bits per heavy atom. The first kappa shape index (κ1) is 28.3. The summed E-state index contributed by atoms with van der Waals surface area (Å²) in [5, 5.41) is 0. The van der Waals surface area contributed by atoms with Gasteiger partial charge in [0.15, 0.2) is 0 Å². The van der Waals surface area contributed by atoms with Crippen LogP contribution in [0.4, 0.5) is 0 Å². The smallest absolute Gasteiger partial charge is 0.0215 e. The highest BCUT2D eigenvalue weighted by Gasteiger charge is 2.58. The maximum Gasteiger partial charge on any atom is -0.0215 e. The maximum atomic E-state index is 3.53. The number of rotatable bonds is 3. The zero-order valence-corrected chi connectivity index (χ0v) is 22.4. The summed E-state index contributed by atoms with van der Waals surface area (Å²) in [6, 6.07) is 0. The van der Waals surface area contributed by atoms with E-state index in [1.807, 2.05) is 6.92 Å². The fourth-order valence-corrected chi connectivity index (χ4v) is 9.93. The van der Waals surface area contributed by atoms with Gasteiger partial charge in [0.25, 0.3) is 0 Å². The van der Waals surface area contributed by atoms with Crippen molar-refractivity contribution < 1.29 is 0 Å². The van der Waals surface area contributed by atoms with E-state index in [-0.39, 0.29) is 7.43 Å². The topological polar surface area (TPSA) is 0 Å². The van der Waals surface area contributed by atoms with Gasteiger partial charge in [-0.05, 0) is 130 Å². The average Bonchev–Trinajstić information content (AvgIpc) is 3.23. The molecule has 0 heterocycles. The van der Waals surface area contributed by atoms with E-state index in [0.717, 1.165) is 46.3 Å². The summed E-state index contributed by atoms with van der Waals surface area (Å²) >= 11 is 3.53. The molecule has 0 radical (unpaired) electrons. The van der Waals surface area contributed by atoms with Crippen molar-refractivity contribution in [1.29, 1.82) is 0 Å². The maximum absolute atomic E-state index is 3.53. The van der Waals surface area contributed by atoms with Gasteiger partial charge in [0.1, 0.15) is 0 Å². The van der Waals surface area contributed by atoms with Crippen molar-refractivity contribution in [1.82, 2.24) is 0 Å². The van der Waals surface area contributed by atoms with Crippen LogP contribution in [0.25, 0.3) is 0 Å². The second-order valence-electron chi connectivity index (χ2n) is 12.1. The van der Waals surface area contributed by atoms with Gasteiger partial charge < -0.3 is 0 Å². The minimum absolute atomic E-state index is 0. The van der Waals surface area contributed by atoms with Gasteiger partial charge in [-0.1, -0.05) is 59.5 Å². The first-order chi connectivity index (χ1) is 15.1. The molecule has 0 nitrogen and oxygen atoms in total. The van der Waals surface area contributed by atoms with Crippen molar-refractivity contribution in [3.63, 3.8) is 0 Å². The molecule has 5 aliphatic rings. The number of unbranched alkanes of at least 4 members (excludes halogenated alkanes) is 1. The minimum Gasteiger partial charge on any atom is -0.183 e. The van der Waals surface area contributed by atoms with Gasteiger partial charge in [-0.2, -0.15) is 12.6 Å². The van der Waals surface area contributed by atoms with Crippen molar-refractivity contribution >= 4 is 12.6 Å². The Balaban J connectivity index is 0.000000561. The fourth-order valence-electron chi connectivity index (χ4n) is 9.93. The number of hydrogen-bond donors (Lipinski definition) is 1. The van der Waals surface area contributed by atoms with Crippen LogP contribution in [0, 0.1) is 46.3 Å². The molecule has 0 saturated heterocycles. The highest BCUT2D eigenvalue weighted by molar-refractivity contribution is 7.79. The molecule has 0 aromatic rings. The van der Waals surface area contributed by atoms with Gasteiger partial charge in [-0.15, -0.1) is 6.58 Å². The van der Waals surface area contributed by atoms with E-state index in [1.165, 1.54) is 25.7 Å². The van der Waals surface area contributed by atoms with Crippen molar-refractivity contribution in [2.45, 2.75) is 131 Å². The number of fused-ring (bicyclic) bond motifs is 7. The summed E-state index contributed by atoms with van der Waals surface area (Å²) in [6.07, 6.45) is 28.5. The zero-order chi connectivity index (χ0) is 22.5. The summed E-state index contributed by atoms with van der Waals surface area (Å²) in [5.41, 5.74) is 1.54. The third-order valence-electron chi connectivity index (χ3n) is 11.1. The Hall–Kier alpha value is 0.0900. The van der Waals surface area contributed by atoms with Crippen molar-refractivity contribution in [3.8, 4) is 0 Å². The molecule has 32 heavy (non-hydrogen) atoms. The Morgan fingerprint density at radius 1 is 0.812 bits per heavy atom. The van der Waals surface area contributed by atoms with Crippen LogP contribution in [0.1, 0.15) is 131 Å². The van der Waals surface area contributed by atoms with Crippen LogP contribution in [-0.4, -0.2) is 6.26 Å². The van der Waals surface area contributed by atoms with E-state index < -0.39 is 0 Å². The van der Waals surface area contributed by atoms with Crippen LogP contribution in [0.5, 0.6) is 0 Å². The fraction of sp³-hybridized carbons (Fsp3) is 0.935. The molecular weight excluding hydrogens is 404 g/mol. The first-order valence-corrected chi connectivity index (χ1v) is 15.0. The van der Waals surface area contributed by atoms with Crippen LogP contribution >= 0.6 is 12.6 Å². The standard InChI is InChI=1S/C26H44.C3H6.CH4S.CH4/c1-3-4-16-26-17-7-9-24(26)22-12-13-23-21(20(22)14-18-26)11-10-19-8-5-6-15-25(19,23)2;1-3-2;1-2;/h19-24H,3-18H2,1-2H3;3H,1H2,2H3;2H,1H3;1H4. The molecule has 5 rings (SSSR count). The molecule has 1 heteroatoms. The lowest BCUT2D eigenvalue weighted by atomic mass is 9.43. The molecule has 0 aromatic carbocycles. The van der Waals surface area contributed by atoms with E-state index in [0.29, 0.717) is 0 Å². The van der Waals surface area contributed by atoms with E-state index >= 15 is 0 Å². The molecule has 5 saturated carbocycles. The minimum atomic E-state index is 0. The highest BCUT2D eigenvalue weighted by atomic mass is 32.1. The lowest BCUT2D eigenvalue weighted by Gasteiger charge is -2.62. The zero-order valence-electron chi connectivity index (χ0n) is 21.5. The van der Waals surface area contributed by atoms with E-state index in [1.54, 1.807) is 89.4 Å². The van der Waals surface area contributed by atoms with Crippen LogP contribution in [0.3, 0.4) is 0 Å². The van der Waals surface area contributed by atoms with Crippen LogP contribution in [0.2, 0.25) is 0 Å². The third kappa shape index (κ3) is 5.18. The number of allylic oxidation sites excluding steroid dienone is 1. The molecule has 0 bridgehead atoms. The second kappa shape index (κ2) is 12.7. The molecule has 8 unspecified atom stereocenters. The Labute approximate surface area is 208 Å². The normalized spacial score (nSPS) is 43.9. The van der Waals surface area contributed by atoms with Gasteiger partial charge in [-0.3, -0.25) is 0 Å². The van der Waals surface area contributed by atoms with Crippen molar-refractivity contribution in [3.05, 3.63) is 12.7 Å². The Kier molecular flexibility index (Phi) is 11.2. The molecule has 0 amide bonds. The second-order valence-corrected chi connectivity index (χ2v) is 12.1. The molecule has 5 aliphatic carbocycles. The summed E-state index contributed by atoms with van der Waals surface area (Å²) in [5.74, 6) is 6.71. The summed E-state index contributed by atoms with van der Waals surface area (Å²) in [7, 11) is 0. The monoisotopic (exact) mass is 462 g/mol. The average molecular weight is 463 g/mol. The quantitative estimate of drug-likeness (QED) is 0.313. The number of hydrogen-bond acceptors (Lipinski definition) is 1. The largest absolute Gasteiger partial charge is 0.183 e. The molecule has 0 aromatic heterocycles. The molecule has 188 valence electrons. The van der Waals surface area contributed by atoms with Gasteiger partial charge in [0, 0.05) is 0 Å². The lowest BCUT2D eigenvalue weighted by molar-refractivity contribution is -0.125. The van der Waals surface area contributed by atoms with Gasteiger partial charge >= 0.3 is 0 Å². The molecule has 5 fully saturated rings. The van der Waals surface area contributed by atoms with Crippen molar-refractivity contribution in [2.24, 2.45) is 46.3 Å². The van der Waals surface area contributed by atoms with Gasteiger partial charge in [0.2, 0.25) is 0 Å². The Bertz CT molecular complexity index is 555. The van der Waals surface area contributed by atoms with Crippen LogP contribution in [-0.2, 0) is 0 Å². The summed E-state index contributed by atoms with van der Waals surface area (Å²) in [4.78, 5) is 0. The highest BCUT2D eigenvalue weighted by Crippen LogP contribution is 2.67. The predicted octanol–water partition coefficient (Wildman–Crippen LogP) is 10.4. The SMILES string of the molecule is C.C=CC.CCCCC12CCCC1C1CCC3C(CCC4CCCCC43C)C1CC2.CS. The predicted molar refractivity (Wildman–Crippen MR) is 149 cm³/mol. The van der Waals surface area contributed by atoms with Gasteiger partial charge in [0.05, 0.1) is 0 Å². The van der Waals surface area contributed by atoms with Gasteiger partial charge in [-0.25, -0.2) is 0 Å². The van der Waals surface area contributed by atoms with E-state index in [4.69, 9.17) is 0 Å². The van der Waals surface area contributed by atoms with E-state index in [2.05, 4.69) is 33.1 Å². The molecular formula is C31H58S. The molecule has 0 spiro atoms. The third-order valence-corrected chi connectivity index (χ3v) is 11.1. The lowest BCUT2D eigenvalue weighted by Crippen LogP contribution is -2.54. The summed E-state index contributed by atoms with van der Waals surface area (Å²) < 4.78 is 0. The molecule has 8 atom stereocenters.